The lowest BCUT2D eigenvalue weighted by atomic mass is 10.3. The highest BCUT2D eigenvalue weighted by Crippen LogP contribution is 2.29. The minimum atomic E-state index is -4.43. The van der Waals surface area contributed by atoms with Gasteiger partial charge in [-0.25, -0.2) is 4.98 Å². The largest absolute Gasteiger partial charge is 0.433 e. The number of nitrogens with one attached hydrogen (secondary N) is 1. The van der Waals surface area contributed by atoms with E-state index in [1.807, 2.05) is 22.6 Å². The minimum Gasteiger partial charge on any atom is -0.367 e. The van der Waals surface area contributed by atoms with Crippen molar-refractivity contribution in [2.24, 2.45) is 0 Å². The molecule has 0 aromatic carbocycles. The van der Waals surface area contributed by atoms with E-state index in [9.17, 15) is 13.2 Å². The van der Waals surface area contributed by atoms with Crippen molar-refractivity contribution < 1.29 is 13.2 Å². The third-order valence-electron chi connectivity index (χ3n) is 2.33. The first kappa shape index (κ1) is 14.1. The number of nitrogens with zero attached hydrogens (tertiary/aromatic N) is 3. The van der Waals surface area contributed by atoms with Crippen molar-refractivity contribution in [1.29, 1.82) is 0 Å². The molecule has 0 spiro atoms. The summed E-state index contributed by atoms with van der Waals surface area (Å²) in [5.41, 5.74) is -0.894. The van der Waals surface area contributed by atoms with Crippen molar-refractivity contribution in [2.75, 3.05) is 11.9 Å². The van der Waals surface area contributed by atoms with Gasteiger partial charge in [0.15, 0.2) is 0 Å². The Morgan fingerprint density at radius 1 is 1.32 bits per heavy atom. The molecule has 0 aliphatic heterocycles. The second kappa shape index (κ2) is 5.76. The summed E-state index contributed by atoms with van der Waals surface area (Å²) in [6.45, 7) is 1.01. The van der Waals surface area contributed by atoms with Gasteiger partial charge >= 0.3 is 6.18 Å². The third-order valence-corrected chi connectivity index (χ3v) is 3.20. The average Bonchev–Trinajstić information content (AvgIpc) is 2.83. The number of aromatic nitrogens is 3. The zero-order valence-electron chi connectivity index (χ0n) is 9.65. The molecule has 8 heteroatoms. The fraction of sp³-hybridized carbons (Fsp3) is 0.273. The van der Waals surface area contributed by atoms with E-state index in [2.05, 4.69) is 15.4 Å². The number of hydrogen-bond acceptors (Lipinski definition) is 3. The van der Waals surface area contributed by atoms with Crippen LogP contribution >= 0.6 is 22.6 Å². The normalized spacial score (nSPS) is 11.6. The van der Waals surface area contributed by atoms with E-state index in [-0.39, 0.29) is 5.82 Å². The summed E-state index contributed by atoms with van der Waals surface area (Å²) in [4.78, 5) is 3.59. The molecule has 0 unspecified atom stereocenters. The molecule has 0 radical (unpaired) electrons. The second-order valence-corrected chi connectivity index (χ2v) is 4.88. The zero-order valence-corrected chi connectivity index (χ0v) is 11.8. The number of rotatable bonds is 4. The van der Waals surface area contributed by atoms with Crippen molar-refractivity contribution in [3.05, 3.63) is 39.9 Å². The molecule has 0 bridgehead atoms. The van der Waals surface area contributed by atoms with Crippen LogP contribution in [0.2, 0.25) is 0 Å². The standard InChI is InChI=1S/C11H10F3IN4/c12-11(13,14)9-3-2-8(15)10(18-9)16-5-7-19-6-1-4-17-19/h1-4,6H,5,7H2,(H,16,18). The van der Waals surface area contributed by atoms with Gasteiger partial charge in [-0.15, -0.1) is 0 Å². The second-order valence-electron chi connectivity index (χ2n) is 3.72. The van der Waals surface area contributed by atoms with Crippen LogP contribution in [0.1, 0.15) is 5.69 Å². The van der Waals surface area contributed by atoms with E-state index in [0.29, 0.717) is 16.7 Å². The molecule has 102 valence electrons. The molecule has 0 aliphatic rings. The molecule has 0 saturated carbocycles. The van der Waals surface area contributed by atoms with Crippen molar-refractivity contribution in [2.45, 2.75) is 12.7 Å². The van der Waals surface area contributed by atoms with Crippen LogP contribution < -0.4 is 5.32 Å². The molecule has 19 heavy (non-hydrogen) atoms. The molecular weight excluding hydrogens is 372 g/mol. The van der Waals surface area contributed by atoms with Gasteiger partial charge < -0.3 is 5.32 Å². The Bertz CT molecular complexity index is 539. The van der Waals surface area contributed by atoms with Crippen LogP contribution in [0.3, 0.4) is 0 Å². The van der Waals surface area contributed by atoms with E-state index in [4.69, 9.17) is 0 Å². The highest BCUT2D eigenvalue weighted by molar-refractivity contribution is 14.1. The first-order valence-electron chi connectivity index (χ1n) is 5.42. The fourth-order valence-corrected chi connectivity index (χ4v) is 1.94. The molecule has 2 heterocycles. The third kappa shape index (κ3) is 3.82. The fourth-order valence-electron chi connectivity index (χ4n) is 1.45. The molecule has 2 rings (SSSR count). The predicted molar refractivity (Wildman–Crippen MR) is 72.7 cm³/mol. The quantitative estimate of drug-likeness (QED) is 0.827. The number of halogens is 4. The summed E-state index contributed by atoms with van der Waals surface area (Å²) in [6.07, 6.45) is -0.999. The Hall–Kier alpha value is -1.32. The van der Waals surface area contributed by atoms with Gasteiger partial charge in [0, 0.05) is 18.9 Å². The van der Waals surface area contributed by atoms with Gasteiger partial charge in [-0.05, 0) is 40.8 Å². The van der Waals surface area contributed by atoms with Crippen molar-refractivity contribution in [1.82, 2.24) is 14.8 Å². The molecule has 0 fully saturated rings. The molecule has 1 N–H and O–H groups in total. The van der Waals surface area contributed by atoms with Gasteiger partial charge in [0.05, 0.1) is 10.1 Å². The van der Waals surface area contributed by atoms with Gasteiger partial charge in [-0.3, -0.25) is 4.68 Å². The minimum absolute atomic E-state index is 0.239. The maximum Gasteiger partial charge on any atom is 0.433 e. The molecular formula is C11H10F3IN4. The van der Waals surface area contributed by atoms with E-state index >= 15 is 0 Å². The molecule has 0 aliphatic carbocycles. The monoisotopic (exact) mass is 382 g/mol. The first-order chi connectivity index (χ1) is 8.97. The van der Waals surface area contributed by atoms with E-state index in [1.165, 1.54) is 6.07 Å². The summed E-state index contributed by atoms with van der Waals surface area (Å²) in [6, 6.07) is 4.15. The van der Waals surface area contributed by atoms with Crippen LogP contribution in [0.25, 0.3) is 0 Å². The summed E-state index contributed by atoms with van der Waals surface area (Å²) in [7, 11) is 0. The van der Waals surface area contributed by atoms with Gasteiger partial charge in [-0.1, -0.05) is 0 Å². The SMILES string of the molecule is FC(F)(F)c1ccc(I)c(NCCn2cccn2)n1. The first-order valence-corrected chi connectivity index (χ1v) is 6.50. The van der Waals surface area contributed by atoms with Crippen LogP contribution in [0.15, 0.2) is 30.6 Å². The highest BCUT2D eigenvalue weighted by Gasteiger charge is 2.32. The van der Waals surface area contributed by atoms with Gasteiger partial charge in [-0.2, -0.15) is 18.3 Å². The van der Waals surface area contributed by atoms with Crippen LogP contribution in [-0.4, -0.2) is 21.3 Å². The van der Waals surface area contributed by atoms with Crippen molar-refractivity contribution in [3.63, 3.8) is 0 Å². The van der Waals surface area contributed by atoms with Crippen LogP contribution in [0.4, 0.5) is 19.0 Å². The Balaban J connectivity index is 2.03. The van der Waals surface area contributed by atoms with Gasteiger partial charge in [0.2, 0.25) is 0 Å². The molecule has 2 aromatic heterocycles. The maximum absolute atomic E-state index is 12.5. The van der Waals surface area contributed by atoms with Gasteiger partial charge in [0.25, 0.3) is 0 Å². The van der Waals surface area contributed by atoms with E-state index in [0.717, 1.165) is 6.07 Å². The molecule has 0 amide bonds. The Kier molecular flexibility index (Phi) is 4.27. The summed E-state index contributed by atoms with van der Waals surface area (Å²) in [5.74, 6) is 0.239. The number of hydrogen-bond donors (Lipinski definition) is 1. The maximum atomic E-state index is 12.5. The molecule has 2 aromatic rings. The topological polar surface area (TPSA) is 42.7 Å². The summed E-state index contributed by atoms with van der Waals surface area (Å²) in [5, 5.41) is 6.89. The lowest BCUT2D eigenvalue weighted by Gasteiger charge is -2.11. The predicted octanol–water partition coefficient (Wildman–Crippen LogP) is 3.01. The molecule has 0 saturated heterocycles. The lowest BCUT2D eigenvalue weighted by Crippen LogP contribution is -2.15. The lowest BCUT2D eigenvalue weighted by molar-refractivity contribution is -0.141. The highest BCUT2D eigenvalue weighted by atomic mass is 127. The summed E-state index contributed by atoms with van der Waals surface area (Å²) >= 11 is 1.94. The number of pyridine rings is 1. The molecule has 0 atom stereocenters. The van der Waals surface area contributed by atoms with Crippen LogP contribution in [0, 0.1) is 3.57 Å². The summed E-state index contributed by atoms with van der Waals surface area (Å²) < 4.78 is 39.9. The van der Waals surface area contributed by atoms with Crippen molar-refractivity contribution >= 4 is 28.4 Å². The van der Waals surface area contributed by atoms with Crippen LogP contribution in [-0.2, 0) is 12.7 Å². The van der Waals surface area contributed by atoms with E-state index < -0.39 is 11.9 Å². The Labute approximate surface area is 121 Å². The smallest absolute Gasteiger partial charge is 0.367 e. The van der Waals surface area contributed by atoms with Crippen molar-refractivity contribution in [3.8, 4) is 0 Å². The number of alkyl halides is 3. The van der Waals surface area contributed by atoms with Crippen LogP contribution in [0.5, 0.6) is 0 Å². The Morgan fingerprint density at radius 3 is 2.74 bits per heavy atom. The molecule has 4 nitrogen and oxygen atoms in total. The number of anilines is 1. The average molecular weight is 382 g/mol. The zero-order chi connectivity index (χ0) is 13.9. The van der Waals surface area contributed by atoms with Gasteiger partial charge in [0.1, 0.15) is 11.5 Å². The Morgan fingerprint density at radius 2 is 2.11 bits per heavy atom. The van der Waals surface area contributed by atoms with E-state index in [1.54, 1.807) is 23.1 Å².